The number of hydrogen-bond donors (Lipinski definition) is 1. The van der Waals surface area contributed by atoms with Crippen LogP contribution < -0.4 is 0 Å². The Balaban J connectivity index is 1.51. The van der Waals surface area contributed by atoms with Gasteiger partial charge >= 0.3 is 0 Å². The fourth-order valence-electron chi connectivity index (χ4n) is 7.24. The molecule has 2 heterocycles. The Morgan fingerprint density at radius 3 is 1.52 bits per heavy atom. The average molecular weight is 629 g/mol. The van der Waals surface area contributed by atoms with Crippen molar-refractivity contribution in [3.8, 4) is 11.1 Å². The standard InChI is InChI=1S/C45H40O3/c1-43(2,3)28-18-22-30(23-19-28)45(46,31-24-20-29(21-25-31)44(4,5)6)36-27-26-33-32-12-7-9-15-37(32)48-42(33)41(36)35-14-11-17-39-40(35)34-13-8-10-16-38(34)47-39/h7-27,46H,1-6H3. The molecule has 3 heteroatoms. The molecule has 0 spiro atoms. The van der Waals surface area contributed by atoms with Crippen LogP contribution in [0, 0.1) is 0 Å². The van der Waals surface area contributed by atoms with Gasteiger partial charge in [-0.25, -0.2) is 0 Å². The van der Waals surface area contributed by atoms with E-state index in [2.05, 4.69) is 120 Å². The molecule has 0 saturated heterocycles. The lowest BCUT2D eigenvalue weighted by atomic mass is 9.74. The molecule has 6 aromatic carbocycles. The van der Waals surface area contributed by atoms with Gasteiger partial charge in [-0.05, 0) is 56.8 Å². The highest BCUT2D eigenvalue weighted by Gasteiger charge is 2.38. The smallest absolute Gasteiger partial charge is 0.143 e. The lowest BCUT2D eigenvalue weighted by Gasteiger charge is -2.33. The maximum absolute atomic E-state index is 13.6. The van der Waals surface area contributed by atoms with Gasteiger partial charge in [-0.15, -0.1) is 0 Å². The molecule has 0 unspecified atom stereocenters. The molecule has 2 aromatic heterocycles. The summed E-state index contributed by atoms with van der Waals surface area (Å²) in [4.78, 5) is 0. The molecule has 0 bridgehead atoms. The van der Waals surface area contributed by atoms with Gasteiger partial charge in [0, 0.05) is 32.7 Å². The molecule has 0 aliphatic rings. The van der Waals surface area contributed by atoms with Gasteiger partial charge in [-0.1, -0.05) is 151 Å². The zero-order valence-electron chi connectivity index (χ0n) is 28.4. The highest BCUT2D eigenvalue weighted by atomic mass is 16.3. The van der Waals surface area contributed by atoms with Crippen molar-refractivity contribution in [1.82, 2.24) is 0 Å². The molecule has 8 rings (SSSR count). The van der Waals surface area contributed by atoms with E-state index in [9.17, 15) is 5.11 Å². The average Bonchev–Trinajstić information content (AvgIpc) is 3.65. The molecule has 0 aliphatic heterocycles. The minimum absolute atomic E-state index is 0.0265. The van der Waals surface area contributed by atoms with Crippen molar-refractivity contribution in [2.75, 3.05) is 0 Å². The summed E-state index contributed by atoms with van der Waals surface area (Å²) < 4.78 is 13.1. The van der Waals surface area contributed by atoms with E-state index in [0.29, 0.717) is 0 Å². The Morgan fingerprint density at radius 1 is 0.438 bits per heavy atom. The van der Waals surface area contributed by atoms with Crippen LogP contribution in [0.4, 0.5) is 0 Å². The first-order valence-electron chi connectivity index (χ1n) is 16.7. The van der Waals surface area contributed by atoms with E-state index in [1.54, 1.807) is 0 Å². The van der Waals surface area contributed by atoms with Crippen molar-refractivity contribution in [3.63, 3.8) is 0 Å². The molecule has 0 amide bonds. The van der Waals surface area contributed by atoms with E-state index in [0.717, 1.165) is 71.7 Å². The Morgan fingerprint density at radius 2 is 0.938 bits per heavy atom. The van der Waals surface area contributed by atoms with E-state index in [1.807, 2.05) is 48.5 Å². The normalized spacial score (nSPS) is 12.9. The fourth-order valence-corrected chi connectivity index (χ4v) is 7.24. The SMILES string of the molecule is CC(C)(C)c1ccc(C(O)(c2ccc(C(C)(C)C)cc2)c2ccc3c(oc4ccccc43)c2-c2cccc3oc4ccccc4c23)cc1. The molecule has 8 aromatic rings. The fraction of sp³-hybridized carbons (Fsp3) is 0.200. The lowest BCUT2D eigenvalue weighted by Crippen LogP contribution is -2.30. The first kappa shape index (κ1) is 30.2. The number of para-hydroxylation sites is 2. The molecule has 0 saturated carbocycles. The number of benzene rings is 6. The van der Waals surface area contributed by atoms with Crippen molar-refractivity contribution < 1.29 is 13.9 Å². The minimum Gasteiger partial charge on any atom is -0.456 e. The second-order valence-electron chi connectivity index (χ2n) is 15.1. The van der Waals surface area contributed by atoms with Crippen molar-refractivity contribution in [1.29, 1.82) is 0 Å². The van der Waals surface area contributed by atoms with Gasteiger partial charge in [0.1, 0.15) is 27.9 Å². The van der Waals surface area contributed by atoms with Gasteiger partial charge in [0.2, 0.25) is 0 Å². The first-order chi connectivity index (χ1) is 22.9. The third-order valence-electron chi connectivity index (χ3n) is 9.95. The summed E-state index contributed by atoms with van der Waals surface area (Å²) >= 11 is 0. The van der Waals surface area contributed by atoms with Crippen LogP contribution in [0.2, 0.25) is 0 Å². The quantitative estimate of drug-likeness (QED) is 0.197. The van der Waals surface area contributed by atoms with E-state index >= 15 is 0 Å². The third-order valence-corrected chi connectivity index (χ3v) is 9.95. The summed E-state index contributed by atoms with van der Waals surface area (Å²) in [6, 6.07) is 43.6. The number of fused-ring (bicyclic) bond motifs is 6. The summed E-state index contributed by atoms with van der Waals surface area (Å²) in [6.07, 6.45) is 0. The molecule has 1 N–H and O–H groups in total. The molecule has 0 aliphatic carbocycles. The van der Waals surface area contributed by atoms with Crippen LogP contribution in [0.3, 0.4) is 0 Å². The van der Waals surface area contributed by atoms with Crippen LogP contribution in [-0.4, -0.2) is 5.11 Å². The Hall–Kier alpha value is -5.12. The number of hydrogen-bond acceptors (Lipinski definition) is 3. The van der Waals surface area contributed by atoms with Gasteiger partial charge in [0.15, 0.2) is 0 Å². The second-order valence-corrected chi connectivity index (χ2v) is 15.1. The molecule has 0 atom stereocenters. The molecule has 0 fully saturated rings. The van der Waals surface area contributed by atoms with Crippen LogP contribution >= 0.6 is 0 Å². The largest absolute Gasteiger partial charge is 0.456 e. The van der Waals surface area contributed by atoms with Crippen molar-refractivity contribution in [3.05, 3.63) is 155 Å². The van der Waals surface area contributed by atoms with Crippen molar-refractivity contribution in [2.45, 2.75) is 58.0 Å². The van der Waals surface area contributed by atoms with Gasteiger partial charge in [0.05, 0.1) is 0 Å². The Labute approximate surface area is 281 Å². The summed E-state index contributed by atoms with van der Waals surface area (Å²) in [5.74, 6) is 0. The number of rotatable bonds is 4. The summed E-state index contributed by atoms with van der Waals surface area (Å²) in [7, 11) is 0. The van der Waals surface area contributed by atoms with Crippen LogP contribution in [0.15, 0.2) is 136 Å². The Bertz CT molecular complexity index is 2400. The molecular weight excluding hydrogens is 588 g/mol. The minimum atomic E-state index is -1.52. The van der Waals surface area contributed by atoms with Crippen LogP contribution in [0.5, 0.6) is 0 Å². The maximum Gasteiger partial charge on any atom is 0.143 e. The van der Waals surface area contributed by atoms with Crippen molar-refractivity contribution in [2.24, 2.45) is 0 Å². The van der Waals surface area contributed by atoms with Crippen LogP contribution in [0.1, 0.15) is 69.4 Å². The molecule has 3 nitrogen and oxygen atoms in total. The summed E-state index contributed by atoms with van der Waals surface area (Å²) in [6.45, 7) is 13.3. The van der Waals surface area contributed by atoms with E-state index in [4.69, 9.17) is 8.83 Å². The topological polar surface area (TPSA) is 46.5 Å². The zero-order chi connectivity index (χ0) is 33.4. The third kappa shape index (κ3) is 4.68. The van der Waals surface area contributed by atoms with E-state index < -0.39 is 5.60 Å². The molecule has 48 heavy (non-hydrogen) atoms. The van der Waals surface area contributed by atoms with E-state index in [-0.39, 0.29) is 10.8 Å². The molecule has 238 valence electrons. The maximum atomic E-state index is 13.6. The second kappa shape index (κ2) is 10.7. The highest BCUT2D eigenvalue weighted by Crippen LogP contribution is 2.49. The number of aliphatic hydroxyl groups is 1. The monoisotopic (exact) mass is 628 g/mol. The Kier molecular flexibility index (Phi) is 6.74. The molecule has 0 radical (unpaired) electrons. The van der Waals surface area contributed by atoms with Gasteiger partial charge in [0.25, 0.3) is 0 Å². The zero-order valence-corrected chi connectivity index (χ0v) is 28.4. The van der Waals surface area contributed by atoms with Gasteiger partial charge in [-0.2, -0.15) is 0 Å². The first-order valence-corrected chi connectivity index (χ1v) is 16.7. The lowest BCUT2D eigenvalue weighted by molar-refractivity contribution is 0.126. The predicted octanol–water partition coefficient (Wildman–Crippen LogP) is 12.0. The summed E-state index contributed by atoms with van der Waals surface area (Å²) in [5.41, 5.74) is 8.14. The van der Waals surface area contributed by atoms with Crippen molar-refractivity contribution >= 4 is 43.9 Å². The predicted molar refractivity (Wildman–Crippen MR) is 199 cm³/mol. The molecular formula is C45H40O3. The number of furan rings is 2. The van der Waals surface area contributed by atoms with Gasteiger partial charge in [-0.3, -0.25) is 0 Å². The van der Waals surface area contributed by atoms with Gasteiger partial charge < -0.3 is 13.9 Å². The summed E-state index contributed by atoms with van der Waals surface area (Å²) in [5, 5.41) is 17.6. The van der Waals surface area contributed by atoms with Crippen LogP contribution in [-0.2, 0) is 16.4 Å². The highest BCUT2D eigenvalue weighted by molar-refractivity contribution is 6.18. The van der Waals surface area contributed by atoms with Crippen LogP contribution in [0.25, 0.3) is 55.0 Å². The van der Waals surface area contributed by atoms with E-state index in [1.165, 1.54) is 11.1 Å².